The molecule has 0 saturated carbocycles. The minimum absolute atomic E-state index is 0.422. The molecule has 2 aromatic heterocycles. The normalized spacial score (nSPS) is 15.5. The third-order valence-corrected chi connectivity index (χ3v) is 16.6. The van der Waals surface area contributed by atoms with E-state index in [0.29, 0.717) is 11.2 Å². The lowest BCUT2D eigenvalue weighted by Gasteiger charge is -2.18. The monoisotopic (exact) mass is 861 g/mol. The predicted molar refractivity (Wildman–Crippen MR) is 281 cm³/mol. The van der Waals surface area contributed by atoms with E-state index < -0.39 is 0 Å². The van der Waals surface area contributed by atoms with E-state index in [1.807, 2.05) is 23.1 Å². The highest BCUT2D eigenvalue weighted by molar-refractivity contribution is 8.00. The Bertz CT molecular complexity index is 3920. The number of thioether (sulfide) groups is 1. The molecule has 0 fully saturated rings. The standard InChI is InChI=1S/C62H39NS2/c1-2-14-38(15-3-1)59-47-18-4-6-20-49(47)60(50-21-7-5-19-48(50)59)39-28-32-42(33-29-39)63-55-34-30-40(43-22-12-24-51-45-16-8-10-26-57(45)64-61(43)51)36-53(55)54-37-41(31-35-56(54)63)44-23-13-25-52-46-17-9-11-27-58(46)65-62(44)52/h1-37,45,57H. The van der Waals surface area contributed by atoms with Crippen molar-refractivity contribution in [2.24, 2.45) is 0 Å². The van der Waals surface area contributed by atoms with Crippen molar-refractivity contribution >= 4 is 86.6 Å². The average Bonchev–Trinajstić information content (AvgIpc) is 4.05. The molecule has 2 unspecified atom stereocenters. The van der Waals surface area contributed by atoms with Crippen molar-refractivity contribution in [3.05, 3.63) is 230 Å². The Balaban J connectivity index is 0.964. The van der Waals surface area contributed by atoms with E-state index in [1.54, 1.807) is 0 Å². The average molecular weight is 862 g/mol. The van der Waals surface area contributed by atoms with Crippen LogP contribution in [-0.4, -0.2) is 9.82 Å². The van der Waals surface area contributed by atoms with Crippen LogP contribution in [0, 0.1) is 0 Å². The molecule has 1 aliphatic carbocycles. The maximum absolute atomic E-state index is 2.48. The lowest BCUT2D eigenvalue weighted by atomic mass is 9.86. The molecule has 0 saturated heterocycles. The number of fused-ring (bicyclic) bond motifs is 11. The van der Waals surface area contributed by atoms with Gasteiger partial charge in [-0.2, -0.15) is 0 Å². The van der Waals surface area contributed by atoms with Gasteiger partial charge >= 0.3 is 0 Å². The van der Waals surface area contributed by atoms with Crippen molar-refractivity contribution in [3.8, 4) is 50.2 Å². The lowest BCUT2D eigenvalue weighted by molar-refractivity contribution is 0.881. The second kappa shape index (κ2) is 14.6. The first-order valence-electron chi connectivity index (χ1n) is 22.5. The van der Waals surface area contributed by atoms with Crippen LogP contribution in [0.5, 0.6) is 0 Å². The molecule has 0 N–H and O–H groups in total. The maximum atomic E-state index is 2.48. The molecule has 0 amide bonds. The van der Waals surface area contributed by atoms with Gasteiger partial charge in [-0.05, 0) is 114 Å². The van der Waals surface area contributed by atoms with Crippen LogP contribution in [-0.2, 0) is 0 Å². The summed E-state index contributed by atoms with van der Waals surface area (Å²) in [6, 6.07) is 74.8. The quantitative estimate of drug-likeness (QED) is 0.156. The number of nitrogens with zero attached hydrogens (tertiary/aromatic N) is 1. The van der Waals surface area contributed by atoms with Gasteiger partial charge < -0.3 is 4.57 Å². The fourth-order valence-electron chi connectivity index (χ4n) is 11.0. The van der Waals surface area contributed by atoms with Gasteiger partial charge in [0.1, 0.15) is 0 Å². The van der Waals surface area contributed by atoms with Crippen LogP contribution >= 0.6 is 23.1 Å². The summed E-state index contributed by atoms with van der Waals surface area (Å²) in [5.74, 6) is 0.422. The molecule has 10 aromatic carbocycles. The van der Waals surface area contributed by atoms with Crippen molar-refractivity contribution in [2.45, 2.75) is 16.1 Å². The molecule has 65 heavy (non-hydrogen) atoms. The summed E-state index contributed by atoms with van der Waals surface area (Å²) in [4.78, 5) is 1.41. The van der Waals surface area contributed by atoms with Gasteiger partial charge in [-0.1, -0.05) is 182 Å². The van der Waals surface area contributed by atoms with Crippen molar-refractivity contribution in [3.63, 3.8) is 0 Å². The first-order chi connectivity index (χ1) is 32.2. The van der Waals surface area contributed by atoms with Gasteiger partial charge in [0, 0.05) is 52.7 Å². The molecular weight excluding hydrogens is 823 g/mol. The van der Waals surface area contributed by atoms with Crippen LogP contribution in [0.4, 0.5) is 0 Å². The summed E-state index contributed by atoms with van der Waals surface area (Å²) in [5.41, 5.74) is 15.1. The van der Waals surface area contributed by atoms with Crippen LogP contribution in [0.2, 0.25) is 0 Å². The summed E-state index contributed by atoms with van der Waals surface area (Å²) < 4.78 is 5.14. The van der Waals surface area contributed by atoms with Gasteiger partial charge in [0.2, 0.25) is 0 Å². The molecule has 1 aliphatic heterocycles. The van der Waals surface area contributed by atoms with Crippen molar-refractivity contribution < 1.29 is 0 Å². The van der Waals surface area contributed by atoms with E-state index in [0.717, 1.165) is 5.69 Å². The van der Waals surface area contributed by atoms with Gasteiger partial charge in [0.25, 0.3) is 0 Å². The summed E-state index contributed by atoms with van der Waals surface area (Å²) in [7, 11) is 0. The summed E-state index contributed by atoms with van der Waals surface area (Å²) in [5, 5.41) is 10.7. The molecule has 304 valence electrons. The zero-order valence-corrected chi connectivity index (χ0v) is 36.9. The number of allylic oxidation sites excluding steroid dienone is 3. The summed E-state index contributed by atoms with van der Waals surface area (Å²) >= 11 is 3.91. The molecule has 0 bridgehead atoms. The highest BCUT2D eigenvalue weighted by Gasteiger charge is 2.33. The molecule has 14 rings (SSSR count). The Morgan fingerprint density at radius 2 is 0.923 bits per heavy atom. The molecule has 3 heteroatoms. The highest BCUT2D eigenvalue weighted by atomic mass is 32.2. The molecule has 3 heterocycles. The third kappa shape index (κ3) is 5.66. The van der Waals surface area contributed by atoms with E-state index in [9.17, 15) is 0 Å². The van der Waals surface area contributed by atoms with Crippen LogP contribution in [0.1, 0.15) is 11.5 Å². The van der Waals surface area contributed by atoms with Crippen LogP contribution in [0.15, 0.2) is 229 Å². The molecule has 1 nitrogen and oxygen atoms in total. The topological polar surface area (TPSA) is 4.93 Å². The summed E-state index contributed by atoms with van der Waals surface area (Å²) in [6.07, 6.45) is 9.15. The Labute approximate surface area is 385 Å². The van der Waals surface area contributed by atoms with E-state index >= 15 is 0 Å². The first-order valence-corrected chi connectivity index (χ1v) is 24.2. The highest BCUT2D eigenvalue weighted by Crippen LogP contribution is 2.52. The predicted octanol–water partition coefficient (Wildman–Crippen LogP) is 17.8. The molecule has 2 atom stereocenters. The second-order valence-corrected chi connectivity index (χ2v) is 19.7. The second-order valence-electron chi connectivity index (χ2n) is 17.4. The molecular formula is C62H39NS2. The van der Waals surface area contributed by atoms with Crippen LogP contribution in [0.3, 0.4) is 0 Å². The van der Waals surface area contributed by atoms with E-state index in [2.05, 4.69) is 229 Å². The van der Waals surface area contributed by atoms with Crippen molar-refractivity contribution in [1.82, 2.24) is 4.57 Å². The number of hydrogen-bond donors (Lipinski definition) is 0. The largest absolute Gasteiger partial charge is 0.309 e. The zero-order chi connectivity index (χ0) is 42.6. The fraction of sp³-hybridized carbons (Fsp3) is 0.0323. The summed E-state index contributed by atoms with van der Waals surface area (Å²) in [6.45, 7) is 0. The molecule has 0 spiro atoms. The Hall–Kier alpha value is -7.43. The van der Waals surface area contributed by atoms with E-state index in [1.165, 1.54) is 118 Å². The molecule has 0 radical (unpaired) electrons. The van der Waals surface area contributed by atoms with Gasteiger partial charge in [-0.3, -0.25) is 0 Å². The van der Waals surface area contributed by atoms with Crippen molar-refractivity contribution in [2.75, 3.05) is 0 Å². The van der Waals surface area contributed by atoms with Gasteiger partial charge in [0.05, 0.1) is 11.0 Å². The van der Waals surface area contributed by atoms with Crippen molar-refractivity contribution in [1.29, 1.82) is 0 Å². The Morgan fingerprint density at radius 1 is 0.385 bits per heavy atom. The van der Waals surface area contributed by atoms with Gasteiger partial charge in [-0.25, -0.2) is 0 Å². The number of hydrogen-bond acceptors (Lipinski definition) is 2. The third-order valence-electron chi connectivity index (χ3n) is 13.9. The van der Waals surface area contributed by atoms with Gasteiger partial charge in [0.15, 0.2) is 0 Å². The SMILES string of the molecule is C1=CC2Sc3c(-c4ccc5c(c4)c4cc(-c6cccc7c6sc6ccccc67)ccc4n5-c4ccc(-c5c6ccccc6c(-c6ccccc6)c6ccccc56)cc4)cccc3C2C=C1. The van der Waals surface area contributed by atoms with E-state index in [4.69, 9.17) is 0 Å². The van der Waals surface area contributed by atoms with Gasteiger partial charge in [-0.15, -0.1) is 23.1 Å². The number of rotatable bonds is 5. The zero-order valence-electron chi connectivity index (χ0n) is 35.3. The van der Waals surface area contributed by atoms with Crippen LogP contribution < -0.4 is 0 Å². The minimum atomic E-state index is 0.422. The first kappa shape index (κ1) is 37.0. The Kier molecular flexibility index (Phi) is 8.28. The number of aromatic nitrogens is 1. The fourth-order valence-corrected chi connectivity index (χ4v) is 13.8. The van der Waals surface area contributed by atoms with E-state index in [-0.39, 0.29) is 0 Å². The molecule has 2 aliphatic rings. The maximum Gasteiger partial charge on any atom is 0.0541 e. The molecule has 12 aromatic rings. The minimum Gasteiger partial charge on any atom is -0.309 e. The smallest absolute Gasteiger partial charge is 0.0541 e. The number of benzene rings is 10. The number of thiophene rings is 1. The van der Waals surface area contributed by atoms with Crippen LogP contribution in [0.25, 0.3) is 114 Å². The lowest BCUT2D eigenvalue weighted by Crippen LogP contribution is -2.06. The Morgan fingerprint density at radius 3 is 1.62 bits per heavy atom.